The number of aliphatic hydroxyl groups is 1. The molecule has 2 aliphatic rings. The topological polar surface area (TPSA) is 423 Å². The highest BCUT2D eigenvalue weighted by Gasteiger charge is 2.41. The van der Waals surface area contributed by atoms with E-state index in [1.165, 1.54) is 48.7 Å². The van der Waals surface area contributed by atoms with Gasteiger partial charge in [0.2, 0.25) is 59.1 Å². The summed E-state index contributed by atoms with van der Waals surface area (Å²) in [5.74, 6) is -7.39. The van der Waals surface area contributed by atoms with E-state index in [1.54, 1.807) is 25.3 Å². The summed E-state index contributed by atoms with van der Waals surface area (Å²) in [7, 11) is 1.37. The molecule has 0 aliphatic carbocycles. The Hall–Kier alpha value is -9.08. The van der Waals surface area contributed by atoms with Gasteiger partial charge in [0.1, 0.15) is 60.1 Å². The number of aromatic amines is 2. The largest absolute Gasteiger partial charge is 0.508 e. The van der Waals surface area contributed by atoms with Crippen molar-refractivity contribution in [2.45, 2.75) is 160 Å². The summed E-state index contributed by atoms with van der Waals surface area (Å²) in [5, 5.41) is 43.4. The third kappa shape index (κ3) is 19.5. The van der Waals surface area contributed by atoms with Crippen molar-refractivity contribution in [3.8, 4) is 5.75 Å². The number of para-hydroxylation sites is 1. The van der Waals surface area contributed by atoms with Gasteiger partial charge in [-0.25, -0.2) is 4.98 Å². The number of H-pyrrole nitrogens is 2. The van der Waals surface area contributed by atoms with Crippen molar-refractivity contribution in [3.63, 3.8) is 0 Å². The average Bonchev–Trinajstić information content (AvgIpc) is 2.33. The van der Waals surface area contributed by atoms with Gasteiger partial charge < -0.3 is 84.0 Å². The molecule has 28 nitrogen and oxygen atoms in total. The first-order valence-corrected chi connectivity index (χ1v) is 29.9. The first-order chi connectivity index (χ1) is 42.0. The highest BCUT2D eigenvalue weighted by Crippen LogP contribution is 2.23. The zero-order valence-electron chi connectivity index (χ0n) is 50.7. The first kappa shape index (κ1) is 68.0. The summed E-state index contributed by atoms with van der Waals surface area (Å²) in [4.78, 5) is 157. The molecule has 0 saturated carbocycles. The number of aliphatic imine (C=N–C) groups is 1. The molecule has 16 N–H and O–H groups in total. The van der Waals surface area contributed by atoms with Gasteiger partial charge in [-0.05, 0) is 93.0 Å². The molecule has 88 heavy (non-hydrogen) atoms. The van der Waals surface area contributed by atoms with E-state index in [0.717, 1.165) is 10.4 Å². The Bertz CT molecular complexity index is 3090. The number of amides is 10. The van der Waals surface area contributed by atoms with Crippen LogP contribution in [0.5, 0.6) is 5.75 Å². The van der Waals surface area contributed by atoms with Crippen molar-refractivity contribution in [1.82, 2.24) is 67.3 Å². The van der Waals surface area contributed by atoms with Gasteiger partial charge in [-0.3, -0.25) is 52.9 Å². The lowest BCUT2D eigenvalue weighted by Gasteiger charge is -2.34. The first-order valence-electron chi connectivity index (χ1n) is 29.9. The number of aromatic nitrogens is 3. The molecule has 28 heteroatoms. The fourth-order valence-electron chi connectivity index (χ4n) is 10.8. The number of fused-ring (bicyclic) bond motifs is 1. The summed E-state index contributed by atoms with van der Waals surface area (Å²) < 4.78 is 0. The molecule has 2 fully saturated rings. The van der Waals surface area contributed by atoms with Crippen molar-refractivity contribution in [3.05, 3.63) is 84.1 Å². The van der Waals surface area contributed by atoms with E-state index in [1.807, 2.05) is 39.8 Å². The van der Waals surface area contributed by atoms with Crippen LogP contribution in [-0.4, -0.2) is 188 Å². The molecular weight excluding hydrogens is 1140 g/mol. The Kier molecular flexibility index (Phi) is 25.2. The van der Waals surface area contributed by atoms with Crippen LogP contribution in [-0.2, 0) is 67.2 Å². The minimum atomic E-state index is -1.75. The van der Waals surface area contributed by atoms with Crippen LogP contribution in [0.4, 0.5) is 0 Å². The number of rotatable bonds is 32. The Morgan fingerprint density at radius 2 is 1.39 bits per heavy atom. The molecule has 10 amide bonds. The van der Waals surface area contributed by atoms with E-state index in [4.69, 9.17) is 11.5 Å². The number of carbonyl (C=O) groups is 10. The fraction of sp³-hybridized carbons (Fsp3) is 0.533. The fourth-order valence-corrected chi connectivity index (χ4v) is 10.8. The molecule has 478 valence electrons. The summed E-state index contributed by atoms with van der Waals surface area (Å²) in [6.07, 6.45) is 5.86. The van der Waals surface area contributed by atoms with Crippen LogP contribution in [0, 0.1) is 11.8 Å². The number of hydrogen-bond acceptors (Lipinski definition) is 14. The van der Waals surface area contributed by atoms with Crippen molar-refractivity contribution in [1.29, 1.82) is 0 Å². The minimum Gasteiger partial charge on any atom is -0.508 e. The summed E-state index contributed by atoms with van der Waals surface area (Å²) in [6, 6.07) is 1.70. The van der Waals surface area contributed by atoms with Gasteiger partial charge in [0.25, 0.3) is 0 Å². The molecule has 2 aromatic heterocycles. The molecule has 2 aliphatic heterocycles. The number of phenols is 1. The van der Waals surface area contributed by atoms with E-state index in [9.17, 15) is 53.4 Å². The Labute approximate surface area is 510 Å². The van der Waals surface area contributed by atoms with E-state index in [-0.39, 0.29) is 106 Å². The van der Waals surface area contributed by atoms with Gasteiger partial charge in [-0.1, -0.05) is 58.0 Å². The zero-order chi connectivity index (χ0) is 64.2. The maximum absolute atomic E-state index is 15.1. The van der Waals surface area contributed by atoms with Gasteiger partial charge in [0, 0.05) is 81.4 Å². The quantitative estimate of drug-likeness (QED) is 0.0157. The average molecular weight is 1220 g/mol. The number of aliphatic hydroxyl groups excluding tert-OH is 1. The molecular formula is C60H86N16O12. The maximum Gasteiger partial charge on any atom is 0.245 e. The van der Waals surface area contributed by atoms with Crippen LogP contribution in [0.15, 0.2) is 72.2 Å². The van der Waals surface area contributed by atoms with Crippen LogP contribution in [0.2, 0.25) is 0 Å². The second-order valence-corrected chi connectivity index (χ2v) is 23.2. The van der Waals surface area contributed by atoms with Gasteiger partial charge in [-0.15, -0.1) is 0 Å². The molecule has 2 aromatic carbocycles. The number of nitrogens with two attached hydrogens (primary N) is 2. The van der Waals surface area contributed by atoms with Crippen LogP contribution in [0.25, 0.3) is 10.9 Å². The van der Waals surface area contributed by atoms with Crippen LogP contribution < -0.4 is 54.0 Å². The summed E-state index contributed by atoms with van der Waals surface area (Å²) >= 11 is 0. The monoisotopic (exact) mass is 1220 g/mol. The van der Waals surface area contributed by atoms with Gasteiger partial charge in [0.15, 0.2) is 5.96 Å². The normalized spacial score (nSPS) is 17.1. The van der Waals surface area contributed by atoms with Crippen molar-refractivity contribution in [2.75, 3.05) is 33.3 Å². The number of guanidine groups is 1. The number of carbonyl (C=O) groups excluding carboxylic acids is 10. The third-order valence-electron chi connectivity index (χ3n) is 15.4. The lowest BCUT2D eigenvalue weighted by Crippen LogP contribution is -2.61. The number of benzene rings is 2. The van der Waals surface area contributed by atoms with Crippen LogP contribution in [0.3, 0.4) is 0 Å². The summed E-state index contributed by atoms with van der Waals surface area (Å²) in [5.41, 5.74) is 13.3. The summed E-state index contributed by atoms with van der Waals surface area (Å²) in [6.45, 7) is 8.88. The Balaban J connectivity index is 1.24. The number of nitrogens with zero attached hydrogens (tertiary/aromatic N) is 4. The molecule has 0 unspecified atom stereocenters. The van der Waals surface area contributed by atoms with Gasteiger partial charge in [0.05, 0.1) is 12.9 Å². The lowest BCUT2D eigenvalue weighted by atomic mass is 9.97. The highest BCUT2D eigenvalue weighted by atomic mass is 16.3. The highest BCUT2D eigenvalue weighted by molar-refractivity contribution is 5.99. The number of nitrogens with one attached hydrogen (secondary N) is 10. The second-order valence-electron chi connectivity index (χ2n) is 23.2. The van der Waals surface area contributed by atoms with E-state index >= 15 is 4.79 Å². The second kappa shape index (κ2) is 32.6. The molecule has 0 spiro atoms. The predicted molar refractivity (Wildman–Crippen MR) is 325 cm³/mol. The smallest absolute Gasteiger partial charge is 0.245 e. The van der Waals surface area contributed by atoms with Gasteiger partial charge in [-0.2, -0.15) is 0 Å². The molecule has 0 bridgehead atoms. The number of aromatic hydroxyl groups is 1. The maximum atomic E-state index is 15.1. The van der Waals surface area contributed by atoms with E-state index < -0.39 is 108 Å². The van der Waals surface area contributed by atoms with Crippen molar-refractivity contribution in [2.24, 2.45) is 28.3 Å². The Morgan fingerprint density at radius 3 is 2.02 bits per heavy atom. The van der Waals surface area contributed by atoms with Crippen LogP contribution in [0.1, 0.15) is 103 Å². The van der Waals surface area contributed by atoms with Crippen LogP contribution >= 0.6 is 0 Å². The van der Waals surface area contributed by atoms with E-state index in [2.05, 4.69) is 62.5 Å². The number of hydrogen-bond donors (Lipinski definition) is 14. The molecule has 9 atom stereocenters. The molecule has 0 radical (unpaired) electrons. The standard InChI is InChI=1S/C60H86N16O12/c1-7-64-56(85)48-15-11-23-76(48)59(88)42(14-10-22-65-60(61)62)69-52(81)43(24-33(2)3)72-57(86)49(25-34(4)5)75(6)58(87)46(26-35-16-18-38(78)19-17-35)73-55(84)47(31-77)74-53(82)44(27-36-29-66-40-13-9-8-12-39(36)40)70-54(83)45(28-37-30-63-32-67-37)71-51(80)41-20-21-50(79)68-41/h8-9,12-13,16-19,29-30,32-34,41-49,66,77-78H,7,10-11,14-15,20-28,31H2,1-6H3,(H,63,67)(H,64,85)(H,68,79)(H,69,81)(H,70,83)(H,71,80)(H,72,86)(H,73,84)(H,74,82)(H4,61,62,65)/t41-,42-,43-,44-,45-,46-,47-,48-,49+/m0/s1. The number of likely N-dealkylation sites (tertiary alicyclic amines) is 1. The molecule has 4 aromatic rings. The third-order valence-corrected chi connectivity index (χ3v) is 15.4. The van der Waals surface area contributed by atoms with Crippen molar-refractivity contribution >= 4 is 75.9 Å². The molecule has 4 heterocycles. The lowest BCUT2D eigenvalue weighted by molar-refractivity contribution is -0.144. The number of phenolic OH excluding ortho intramolecular Hbond substituents is 1. The van der Waals surface area contributed by atoms with Crippen molar-refractivity contribution < 1.29 is 58.2 Å². The van der Waals surface area contributed by atoms with E-state index in [0.29, 0.717) is 41.6 Å². The SMILES string of the molecule is CCNC(=O)[C@@H]1CCCN1C(=O)[C@H](CCCN=C(N)N)NC(=O)[C@H](CC(C)C)NC(=O)[C@@H](CC(C)C)N(C)C(=O)[C@H](Cc1ccc(O)cc1)NC(=O)[C@H](CO)NC(=O)[C@H](Cc1c[nH]c2ccccc12)NC(=O)[C@H](Cc1cnc[nH]1)NC(=O)[C@@H]1CCC(=O)N1. The molecule has 6 rings (SSSR count). The number of imidazole rings is 1. The van der Waals surface area contributed by atoms with Gasteiger partial charge >= 0.3 is 0 Å². The zero-order valence-corrected chi connectivity index (χ0v) is 50.7. The number of likely N-dealkylation sites (N-methyl/N-ethyl adjacent to an activating group) is 2. The minimum absolute atomic E-state index is 0.0640. The Morgan fingerprint density at radius 1 is 0.750 bits per heavy atom. The molecule has 2 saturated heterocycles. The predicted octanol–water partition coefficient (Wildman–Crippen LogP) is -1.10.